The molecule has 0 saturated heterocycles. The van der Waals surface area contributed by atoms with Crippen molar-refractivity contribution in [2.75, 3.05) is 27.7 Å². The second kappa shape index (κ2) is 5.67. The first-order valence-electron chi connectivity index (χ1n) is 4.06. The second-order valence-electron chi connectivity index (χ2n) is 2.43. The maximum Gasteiger partial charge on any atom is 0.365 e. The molecule has 0 saturated carbocycles. The Balaban J connectivity index is 3.84. The van der Waals surface area contributed by atoms with Crippen molar-refractivity contribution in [2.45, 2.75) is 13.3 Å². The van der Waals surface area contributed by atoms with Crippen LogP contribution in [0.1, 0.15) is 13.3 Å². The molecule has 11 heavy (non-hydrogen) atoms. The van der Waals surface area contributed by atoms with E-state index in [4.69, 9.17) is 0 Å². The fourth-order valence-electron chi connectivity index (χ4n) is 0.953. The molecule has 4 nitrogen and oxygen atoms in total. The Morgan fingerprint density at radius 1 is 1.00 bits per heavy atom. The molecule has 0 aromatic rings. The first-order valence-corrected chi connectivity index (χ1v) is 6.06. The van der Waals surface area contributed by atoms with E-state index in [-0.39, 0.29) is 0 Å². The maximum absolute atomic E-state index is 3.44. The molecule has 0 fully saturated rings. The lowest BCUT2D eigenvalue weighted by Crippen LogP contribution is -2.78. The molecule has 4 N–H and O–H groups in total. The molecule has 0 bridgehead atoms. The standard InChI is InChI=1S/C6H20N4Si/c1-5-6-10-11(7-2,8-3)9-4/h7-10H,5-6H2,1-4H3. The highest BCUT2D eigenvalue weighted by Crippen LogP contribution is 1.79. The zero-order chi connectivity index (χ0) is 8.74. The van der Waals surface area contributed by atoms with Crippen molar-refractivity contribution in [1.82, 2.24) is 19.9 Å². The first kappa shape index (κ1) is 11.1. The van der Waals surface area contributed by atoms with Crippen LogP contribution < -0.4 is 19.9 Å². The van der Waals surface area contributed by atoms with Crippen LogP contribution in [-0.2, 0) is 0 Å². The molecule has 0 aliphatic carbocycles. The number of hydrogen-bond acceptors (Lipinski definition) is 4. The van der Waals surface area contributed by atoms with Gasteiger partial charge in [0.15, 0.2) is 0 Å². The Labute approximate surface area is 70.5 Å². The molecule has 0 heterocycles. The molecule has 0 rings (SSSR count). The largest absolute Gasteiger partial charge is 0.365 e. The summed E-state index contributed by atoms with van der Waals surface area (Å²) in [6.45, 7) is 3.20. The van der Waals surface area contributed by atoms with Crippen LogP contribution in [0.4, 0.5) is 0 Å². The van der Waals surface area contributed by atoms with Gasteiger partial charge in [-0.05, 0) is 34.1 Å². The van der Waals surface area contributed by atoms with E-state index in [9.17, 15) is 0 Å². The van der Waals surface area contributed by atoms with Gasteiger partial charge in [0.2, 0.25) is 0 Å². The molecule has 0 aliphatic heterocycles. The Kier molecular flexibility index (Phi) is 5.70. The van der Waals surface area contributed by atoms with Gasteiger partial charge in [0.25, 0.3) is 0 Å². The molecule has 0 aliphatic rings. The van der Waals surface area contributed by atoms with E-state index < -0.39 is 8.72 Å². The summed E-state index contributed by atoms with van der Waals surface area (Å²) in [5, 5.41) is 0. The van der Waals surface area contributed by atoms with Gasteiger partial charge in [-0.1, -0.05) is 6.92 Å². The average molecular weight is 176 g/mol. The Bertz CT molecular complexity index is 86.3. The van der Waals surface area contributed by atoms with E-state index in [1.165, 1.54) is 0 Å². The first-order chi connectivity index (χ1) is 5.24. The van der Waals surface area contributed by atoms with E-state index in [2.05, 4.69) is 26.9 Å². The van der Waals surface area contributed by atoms with Crippen LogP contribution in [0.5, 0.6) is 0 Å². The van der Waals surface area contributed by atoms with Crippen LogP contribution in [0.2, 0.25) is 0 Å². The van der Waals surface area contributed by atoms with Gasteiger partial charge >= 0.3 is 8.72 Å². The fourth-order valence-corrected chi connectivity index (χ4v) is 2.86. The van der Waals surface area contributed by atoms with Crippen molar-refractivity contribution in [2.24, 2.45) is 0 Å². The molecule has 0 radical (unpaired) electrons. The van der Waals surface area contributed by atoms with E-state index in [0.29, 0.717) is 0 Å². The van der Waals surface area contributed by atoms with Crippen molar-refractivity contribution in [3.63, 3.8) is 0 Å². The zero-order valence-electron chi connectivity index (χ0n) is 7.91. The summed E-state index contributed by atoms with van der Waals surface area (Å²) in [6.07, 6.45) is 1.15. The monoisotopic (exact) mass is 176 g/mol. The van der Waals surface area contributed by atoms with Crippen LogP contribution in [0.25, 0.3) is 0 Å². The smallest absolute Gasteiger partial charge is 0.303 e. The zero-order valence-corrected chi connectivity index (χ0v) is 8.91. The summed E-state index contributed by atoms with van der Waals surface area (Å²) >= 11 is 0. The highest BCUT2D eigenvalue weighted by atomic mass is 28.4. The molecule has 0 amide bonds. The third-order valence-electron chi connectivity index (χ3n) is 1.77. The van der Waals surface area contributed by atoms with Gasteiger partial charge in [-0.15, -0.1) is 0 Å². The fraction of sp³-hybridized carbons (Fsp3) is 1.00. The number of nitrogens with one attached hydrogen (secondary N) is 4. The molecule has 0 atom stereocenters. The summed E-state index contributed by atoms with van der Waals surface area (Å²) < 4.78 is 0. The van der Waals surface area contributed by atoms with Crippen molar-refractivity contribution >= 4 is 8.72 Å². The topological polar surface area (TPSA) is 48.1 Å². The van der Waals surface area contributed by atoms with E-state index in [1.807, 2.05) is 21.1 Å². The normalized spacial score (nSPS) is 12.0. The molecule has 0 aromatic heterocycles. The predicted molar refractivity (Wildman–Crippen MR) is 51.2 cm³/mol. The quantitative estimate of drug-likeness (QED) is 0.395. The molecule has 0 aromatic carbocycles. The molecule has 0 unspecified atom stereocenters. The van der Waals surface area contributed by atoms with Crippen molar-refractivity contribution in [3.05, 3.63) is 0 Å². The van der Waals surface area contributed by atoms with Gasteiger partial charge in [0, 0.05) is 0 Å². The van der Waals surface area contributed by atoms with E-state index in [0.717, 1.165) is 13.0 Å². The summed E-state index contributed by atoms with van der Waals surface area (Å²) in [7, 11) is 4.14. The van der Waals surface area contributed by atoms with Crippen LogP contribution in [-0.4, -0.2) is 36.4 Å². The third-order valence-corrected chi connectivity index (χ3v) is 4.80. The Morgan fingerprint density at radius 2 is 1.45 bits per heavy atom. The SMILES string of the molecule is CCCN[Si](NC)(NC)NC. The van der Waals surface area contributed by atoms with E-state index >= 15 is 0 Å². The van der Waals surface area contributed by atoms with Gasteiger partial charge in [-0.3, -0.25) is 0 Å². The van der Waals surface area contributed by atoms with Gasteiger partial charge in [0.1, 0.15) is 0 Å². The predicted octanol–water partition coefficient (Wildman–Crippen LogP) is -0.920. The third kappa shape index (κ3) is 3.30. The Morgan fingerprint density at radius 3 is 1.73 bits per heavy atom. The van der Waals surface area contributed by atoms with Crippen molar-refractivity contribution in [1.29, 1.82) is 0 Å². The summed E-state index contributed by atoms with van der Waals surface area (Å²) in [5.74, 6) is 0. The summed E-state index contributed by atoms with van der Waals surface area (Å²) in [6, 6.07) is 0. The highest BCUT2D eigenvalue weighted by molar-refractivity contribution is 6.69. The van der Waals surface area contributed by atoms with Gasteiger partial charge in [-0.25, -0.2) is 0 Å². The minimum atomic E-state index is -1.74. The van der Waals surface area contributed by atoms with Gasteiger partial charge < -0.3 is 19.9 Å². The van der Waals surface area contributed by atoms with Gasteiger partial charge in [-0.2, -0.15) is 0 Å². The van der Waals surface area contributed by atoms with Crippen LogP contribution >= 0.6 is 0 Å². The lowest BCUT2D eigenvalue weighted by Gasteiger charge is -2.29. The lowest BCUT2D eigenvalue weighted by atomic mass is 10.5. The minimum Gasteiger partial charge on any atom is -0.303 e. The van der Waals surface area contributed by atoms with Crippen LogP contribution in [0.3, 0.4) is 0 Å². The average Bonchev–Trinajstić information content (AvgIpc) is 2.08. The number of hydrogen-bond donors (Lipinski definition) is 4. The van der Waals surface area contributed by atoms with E-state index in [1.54, 1.807) is 0 Å². The lowest BCUT2D eigenvalue weighted by molar-refractivity contribution is 0.749. The molecule has 68 valence electrons. The molecular formula is C6H20N4Si. The molecule has 5 heteroatoms. The van der Waals surface area contributed by atoms with Crippen molar-refractivity contribution in [3.8, 4) is 0 Å². The van der Waals surface area contributed by atoms with Crippen molar-refractivity contribution < 1.29 is 0 Å². The van der Waals surface area contributed by atoms with Crippen LogP contribution in [0.15, 0.2) is 0 Å². The summed E-state index contributed by atoms with van der Waals surface area (Å²) in [5.41, 5.74) is 0. The van der Waals surface area contributed by atoms with Crippen LogP contribution in [0, 0.1) is 0 Å². The van der Waals surface area contributed by atoms with Gasteiger partial charge in [0.05, 0.1) is 0 Å². The summed E-state index contributed by atoms with van der Waals surface area (Å²) in [4.78, 5) is 13.2. The Hall–Kier alpha value is 0.0569. The second-order valence-corrected chi connectivity index (χ2v) is 5.78. The number of rotatable bonds is 6. The maximum atomic E-state index is 3.44. The highest BCUT2D eigenvalue weighted by Gasteiger charge is 2.27. The molecule has 0 spiro atoms. The molecular weight excluding hydrogens is 156 g/mol. The minimum absolute atomic E-state index is 1.04.